The molecule has 0 atom stereocenters. The molecule has 2 rings (SSSR count). The molecule has 1 amide bonds. The lowest BCUT2D eigenvalue weighted by Crippen LogP contribution is -2.26. The first-order chi connectivity index (χ1) is 10.2. The molecule has 0 aliphatic rings. The number of aliphatic hydroxyl groups is 1. The smallest absolute Gasteiger partial charge is 0.270 e. The summed E-state index contributed by atoms with van der Waals surface area (Å²) < 4.78 is 2.73. The maximum Gasteiger partial charge on any atom is 0.270 e. The lowest BCUT2D eigenvalue weighted by atomic mass is 10.2. The largest absolute Gasteiger partial charge is 0.396 e. The Labute approximate surface area is 132 Å². The van der Waals surface area contributed by atoms with Crippen LogP contribution in [-0.2, 0) is 6.42 Å². The second kappa shape index (κ2) is 7.56. The normalized spacial score (nSPS) is 11.0. The average Bonchev–Trinajstić information content (AvgIpc) is 2.84. The Balaban J connectivity index is 2.15. The second-order valence-electron chi connectivity index (χ2n) is 4.88. The molecular weight excluding hydrogens is 334 g/mol. The Morgan fingerprint density at radius 2 is 2.19 bits per heavy atom. The molecule has 0 spiro atoms. The van der Waals surface area contributed by atoms with Crippen molar-refractivity contribution in [2.24, 2.45) is 0 Å². The Bertz CT molecular complexity index is 625. The van der Waals surface area contributed by atoms with Gasteiger partial charge in [-0.15, -0.1) is 0 Å². The maximum atomic E-state index is 12.4. The first-order valence-corrected chi connectivity index (χ1v) is 8.02. The van der Waals surface area contributed by atoms with Crippen molar-refractivity contribution in [1.82, 2.24) is 14.7 Å². The fourth-order valence-corrected chi connectivity index (χ4v) is 2.59. The van der Waals surface area contributed by atoms with Crippen LogP contribution in [0.15, 0.2) is 22.8 Å². The van der Waals surface area contributed by atoms with Gasteiger partial charge in [0.25, 0.3) is 5.91 Å². The van der Waals surface area contributed by atoms with Gasteiger partial charge in [0.2, 0.25) is 0 Å². The number of halogens is 1. The molecule has 2 heterocycles. The highest BCUT2D eigenvalue weighted by molar-refractivity contribution is 9.10. The van der Waals surface area contributed by atoms with Crippen molar-refractivity contribution in [3.63, 3.8) is 0 Å². The van der Waals surface area contributed by atoms with E-state index in [0.717, 1.165) is 35.1 Å². The Hall–Kier alpha value is -1.40. The van der Waals surface area contributed by atoms with Crippen LogP contribution in [0.5, 0.6) is 0 Å². The van der Waals surface area contributed by atoms with Crippen molar-refractivity contribution in [2.75, 3.05) is 13.2 Å². The molecule has 0 unspecified atom stereocenters. The Kier molecular flexibility index (Phi) is 5.76. The van der Waals surface area contributed by atoms with Crippen LogP contribution in [0.3, 0.4) is 0 Å². The fraction of sp³-hybridized carbons (Fsp3) is 0.467. The third-order valence-electron chi connectivity index (χ3n) is 3.33. The average molecular weight is 354 g/mol. The van der Waals surface area contributed by atoms with Crippen LogP contribution in [-0.4, -0.2) is 33.6 Å². The van der Waals surface area contributed by atoms with Crippen LogP contribution < -0.4 is 5.32 Å². The van der Waals surface area contributed by atoms with Gasteiger partial charge in [-0.3, -0.25) is 9.20 Å². The molecule has 2 aromatic heterocycles. The van der Waals surface area contributed by atoms with Crippen molar-refractivity contribution in [2.45, 2.75) is 32.6 Å². The van der Waals surface area contributed by atoms with Gasteiger partial charge in [-0.2, -0.15) is 0 Å². The van der Waals surface area contributed by atoms with Crippen LogP contribution in [0.4, 0.5) is 0 Å². The van der Waals surface area contributed by atoms with Gasteiger partial charge in [0.1, 0.15) is 11.3 Å². The summed E-state index contributed by atoms with van der Waals surface area (Å²) >= 11 is 3.42. The predicted molar refractivity (Wildman–Crippen MR) is 85.5 cm³/mol. The summed E-state index contributed by atoms with van der Waals surface area (Å²) in [6, 6.07) is 3.81. The number of unbranched alkanes of at least 4 members (excludes halogenated alkanes) is 2. The summed E-state index contributed by atoms with van der Waals surface area (Å²) in [7, 11) is 0. The van der Waals surface area contributed by atoms with Gasteiger partial charge in [0.15, 0.2) is 0 Å². The second-order valence-corrected chi connectivity index (χ2v) is 5.79. The van der Waals surface area contributed by atoms with Crippen molar-refractivity contribution in [3.05, 3.63) is 34.2 Å². The van der Waals surface area contributed by atoms with E-state index in [1.54, 1.807) is 0 Å². The minimum absolute atomic E-state index is 0.0959. The standard InChI is InChI=1S/C15H20BrN3O2/c1-2-12-14(15(21)17-8-4-3-5-9-20)19-10-11(16)6-7-13(19)18-12/h6-7,10,20H,2-5,8-9H2,1H3,(H,17,21). The molecule has 0 aliphatic carbocycles. The van der Waals surface area contributed by atoms with Gasteiger partial charge >= 0.3 is 0 Å². The maximum absolute atomic E-state index is 12.4. The molecule has 0 saturated heterocycles. The van der Waals surface area contributed by atoms with E-state index in [9.17, 15) is 4.79 Å². The minimum atomic E-state index is -0.0959. The van der Waals surface area contributed by atoms with E-state index in [2.05, 4.69) is 26.2 Å². The number of aromatic nitrogens is 2. The molecule has 0 aliphatic heterocycles. The lowest BCUT2D eigenvalue weighted by Gasteiger charge is -2.06. The Morgan fingerprint density at radius 3 is 2.90 bits per heavy atom. The number of pyridine rings is 1. The Morgan fingerprint density at radius 1 is 1.38 bits per heavy atom. The summed E-state index contributed by atoms with van der Waals surface area (Å²) in [5.74, 6) is -0.0959. The van der Waals surface area contributed by atoms with Crippen LogP contribution >= 0.6 is 15.9 Å². The predicted octanol–water partition coefficient (Wildman–Crippen LogP) is 2.55. The van der Waals surface area contributed by atoms with Gasteiger partial charge in [-0.25, -0.2) is 4.98 Å². The van der Waals surface area contributed by atoms with Crippen LogP contribution in [0.25, 0.3) is 5.65 Å². The van der Waals surface area contributed by atoms with Crippen LogP contribution in [0, 0.1) is 0 Å². The number of hydrogen-bond acceptors (Lipinski definition) is 3. The van der Waals surface area contributed by atoms with E-state index >= 15 is 0 Å². The summed E-state index contributed by atoms with van der Waals surface area (Å²) in [4.78, 5) is 16.9. The monoisotopic (exact) mass is 353 g/mol. The van der Waals surface area contributed by atoms with Gasteiger partial charge in [0, 0.05) is 23.8 Å². The number of nitrogens with zero attached hydrogens (tertiary/aromatic N) is 2. The number of aryl methyl sites for hydroxylation is 1. The topological polar surface area (TPSA) is 66.6 Å². The number of carbonyl (C=O) groups excluding carboxylic acids is 1. The van der Waals surface area contributed by atoms with Crippen LogP contribution in [0.2, 0.25) is 0 Å². The van der Waals surface area contributed by atoms with Gasteiger partial charge in [0.05, 0.1) is 5.69 Å². The molecule has 0 aromatic carbocycles. The minimum Gasteiger partial charge on any atom is -0.396 e. The van der Waals surface area contributed by atoms with Crippen molar-refractivity contribution in [3.8, 4) is 0 Å². The number of hydrogen-bond donors (Lipinski definition) is 2. The number of rotatable bonds is 7. The zero-order valence-corrected chi connectivity index (χ0v) is 13.7. The molecule has 6 heteroatoms. The van der Waals surface area contributed by atoms with E-state index in [0.29, 0.717) is 18.7 Å². The summed E-state index contributed by atoms with van der Waals surface area (Å²) in [5.41, 5.74) is 2.19. The molecule has 0 radical (unpaired) electrons. The van der Waals surface area contributed by atoms with E-state index < -0.39 is 0 Å². The first-order valence-electron chi connectivity index (χ1n) is 7.23. The lowest BCUT2D eigenvalue weighted by molar-refractivity contribution is 0.0946. The molecule has 21 heavy (non-hydrogen) atoms. The van der Waals surface area contributed by atoms with Gasteiger partial charge in [-0.05, 0) is 53.7 Å². The highest BCUT2D eigenvalue weighted by atomic mass is 79.9. The zero-order chi connectivity index (χ0) is 15.2. The van der Waals surface area contributed by atoms with Crippen LogP contribution in [0.1, 0.15) is 42.4 Å². The number of imidazole rings is 1. The fourth-order valence-electron chi connectivity index (χ4n) is 2.25. The molecule has 0 bridgehead atoms. The van der Waals surface area contributed by atoms with Crippen molar-refractivity contribution >= 4 is 27.5 Å². The number of nitrogens with one attached hydrogen (secondary N) is 1. The van der Waals surface area contributed by atoms with E-state index in [-0.39, 0.29) is 12.5 Å². The molecule has 2 N–H and O–H groups in total. The molecule has 5 nitrogen and oxygen atoms in total. The number of aliphatic hydroxyl groups excluding tert-OH is 1. The zero-order valence-electron chi connectivity index (χ0n) is 12.1. The number of carbonyl (C=O) groups is 1. The van der Waals surface area contributed by atoms with E-state index in [1.807, 2.05) is 29.7 Å². The van der Waals surface area contributed by atoms with Gasteiger partial charge < -0.3 is 10.4 Å². The SMILES string of the molecule is CCc1nc2ccc(Br)cn2c1C(=O)NCCCCCO. The molecule has 0 saturated carbocycles. The first kappa shape index (κ1) is 16.0. The third-order valence-corrected chi connectivity index (χ3v) is 3.79. The molecular formula is C15H20BrN3O2. The highest BCUT2D eigenvalue weighted by Crippen LogP contribution is 2.17. The number of amides is 1. The highest BCUT2D eigenvalue weighted by Gasteiger charge is 2.17. The van der Waals surface area contributed by atoms with Crippen molar-refractivity contribution in [1.29, 1.82) is 0 Å². The molecule has 114 valence electrons. The summed E-state index contributed by atoms with van der Waals surface area (Å²) in [5, 5.41) is 11.7. The van der Waals surface area contributed by atoms with Crippen molar-refractivity contribution < 1.29 is 9.90 Å². The quantitative estimate of drug-likeness (QED) is 0.751. The van der Waals surface area contributed by atoms with E-state index in [1.165, 1.54) is 0 Å². The van der Waals surface area contributed by atoms with Gasteiger partial charge in [-0.1, -0.05) is 6.92 Å². The molecule has 2 aromatic rings. The summed E-state index contributed by atoms with van der Waals surface area (Å²) in [6.07, 6.45) is 5.14. The third kappa shape index (κ3) is 3.83. The number of fused-ring (bicyclic) bond motifs is 1. The molecule has 0 fully saturated rings. The summed E-state index contributed by atoms with van der Waals surface area (Å²) in [6.45, 7) is 2.81. The van der Waals surface area contributed by atoms with E-state index in [4.69, 9.17) is 5.11 Å².